The quantitative estimate of drug-likeness (QED) is 0.587. The number of aryl methyl sites for hydroxylation is 1. The van der Waals surface area contributed by atoms with Crippen LogP contribution >= 0.6 is 0 Å². The molecule has 0 spiro atoms. The van der Waals surface area contributed by atoms with E-state index in [1.165, 1.54) is 5.56 Å². The minimum absolute atomic E-state index is 0.234. The van der Waals surface area contributed by atoms with Gasteiger partial charge in [0.15, 0.2) is 0 Å². The molecule has 0 radical (unpaired) electrons. The Bertz CT molecular complexity index is 430. The molecule has 98 valence electrons. The van der Waals surface area contributed by atoms with E-state index in [1.807, 2.05) is 31.2 Å². The highest BCUT2D eigenvalue weighted by Gasteiger charge is 2.37. The number of hydrogen-bond acceptors (Lipinski definition) is 4. The SMILES string of the molecule is Cc1ccc(CN=C2N[C@H](CO)[C@@H](O)[C@@H]2O)cc1. The molecule has 0 bridgehead atoms. The van der Waals surface area contributed by atoms with Gasteiger partial charge in [-0.05, 0) is 12.5 Å². The van der Waals surface area contributed by atoms with E-state index >= 15 is 0 Å². The molecule has 0 aliphatic carbocycles. The second-order valence-corrected chi connectivity index (χ2v) is 4.56. The van der Waals surface area contributed by atoms with Crippen molar-refractivity contribution in [3.8, 4) is 0 Å². The van der Waals surface area contributed by atoms with Crippen molar-refractivity contribution in [2.75, 3.05) is 6.61 Å². The Kier molecular flexibility index (Phi) is 3.96. The first-order chi connectivity index (χ1) is 8.61. The minimum atomic E-state index is -1.05. The summed E-state index contributed by atoms with van der Waals surface area (Å²) in [6, 6.07) is 7.40. The molecule has 1 aliphatic rings. The van der Waals surface area contributed by atoms with Crippen LogP contribution in [0.2, 0.25) is 0 Å². The lowest BCUT2D eigenvalue weighted by molar-refractivity contribution is 0.0419. The number of nitrogens with one attached hydrogen (secondary N) is 1. The Morgan fingerprint density at radius 3 is 2.44 bits per heavy atom. The van der Waals surface area contributed by atoms with Gasteiger partial charge >= 0.3 is 0 Å². The van der Waals surface area contributed by atoms with Gasteiger partial charge in [-0.15, -0.1) is 0 Å². The van der Waals surface area contributed by atoms with Crippen molar-refractivity contribution in [1.29, 1.82) is 0 Å². The number of hydrogen-bond donors (Lipinski definition) is 4. The molecule has 18 heavy (non-hydrogen) atoms. The van der Waals surface area contributed by atoms with Crippen LogP contribution in [-0.2, 0) is 6.54 Å². The van der Waals surface area contributed by atoms with Gasteiger partial charge in [0.05, 0.1) is 19.2 Å². The zero-order chi connectivity index (χ0) is 13.1. The summed E-state index contributed by atoms with van der Waals surface area (Å²) >= 11 is 0. The number of rotatable bonds is 3. The maximum absolute atomic E-state index is 9.73. The van der Waals surface area contributed by atoms with Gasteiger partial charge in [0.25, 0.3) is 0 Å². The normalized spacial score (nSPS) is 29.6. The van der Waals surface area contributed by atoms with Gasteiger partial charge in [0.1, 0.15) is 18.0 Å². The highest BCUT2D eigenvalue weighted by Crippen LogP contribution is 2.12. The van der Waals surface area contributed by atoms with Gasteiger partial charge in [0.2, 0.25) is 0 Å². The zero-order valence-electron chi connectivity index (χ0n) is 10.2. The average Bonchev–Trinajstić information content (AvgIpc) is 2.65. The summed E-state index contributed by atoms with van der Waals surface area (Å²) in [5.74, 6) is 0.335. The van der Waals surface area contributed by atoms with E-state index in [4.69, 9.17) is 5.11 Å². The lowest BCUT2D eigenvalue weighted by Crippen LogP contribution is -2.35. The molecule has 1 heterocycles. The molecule has 5 heteroatoms. The van der Waals surface area contributed by atoms with E-state index in [1.54, 1.807) is 0 Å². The van der Waals surface area contributed by atoms with Crippen LogP contribution in [-0.4, -0.2) is 46.0 Å². The molecule has 0 amide bonds. The fourth-order valence-electron chi connectivity index (χ4n) is 1.91. The molecule has 1 aromatic rings. The average molecular weight is 250 g/mol. The van der Waals surface area contributed by atoms with Crippen LogP contribution in [0.5, 0.6) is 0 Å². The van der Waals surface area contributed by atoms with Gasteiger partial charge in [-0.25, -0.2) is 0 Å². The van der Waals surface area contributed by atoms with Crippen molar-refractivity contribution in [3.05, 3.63) is 35.4 Å². The molecule has 1 fully saturated rings. The highest BCUT2D eigenvalue weighted by molar-refractivity contribution is 5.89. The van der Waals surface area contributed by atoms with Crippen molar-refractivity contribution in [1.82, 2.24) is 5.32 Å². The zero-order valence-corrected chi connectivity index (χ0v) is 10.2. The predicted octanol–water partition coefficient (Wildman–Crippen LogP) is -0.421. The van der Waals surface area contributed by atoms with E-state index in [0.29, 0.717) is 12.4 Å². The first-order valence-corrected chi connectivity index (χ1v) is 5.95. The van der Waals surface area contributed by atoms with Crippen LogP contribution < -0.4 is 5.32 Å². The van der Waals surface area contributed by atoms with Gasteiger partial charge in [-0.3, -0.25) is 4.99 Å². The lowest BCUT2D eigenvalue weighted by Gasteiger charge is -2.10. The summed E-state index contributed by atoms with van der Waals surface area (Å²) in [5.41, 5.74) is 2.21. The van der Waals surface area contributed by atoms with Gasteiger partial charge in [0, 0.05) is 0 Å². The molecule has 4 N–H and O–H groups in total. The van der Waals surface area contributed by atoms with E-state index in [9.17, 15) is 10.2 Å². The van der Waals surface area contributed by atoms with Crippen molar-refractivity contribution < 1.29 is 15.3 Å². The predicted molar refractivity (Wildman–Crippen MR) is 68.3 cm³/mol. The molecule has 1 aromatic carbocycles. The molecular weight excluding hydrogens is 232 g/mol. The van der Waals surface area contributed by atoms with Crippen LogP contribution in [0.1, 0.15) is 11.1 Å². The Labute approximate surface area is 106 Å². The van der Waals surface area contributed by atoms with Crippen molar-refractivity contribution in [2.24, 2.45) is 4.99 Å². The highest BCUT2D eigenvalue weighted by atomic mass is 16.3. The lowest BCUT2D eigenvalue weighted by atomic mass is 10.1. The summed E-state index contributed by atoms with van der Waals surface area (Å²) in [6.07, 6.45) is -2.06. The topological polar surface area (TPSA) is 85.1 Å². The van der Waals surface area contributed by atoms with Crippen LogP contribution in [0, 0.1) is 6.92 Å². The third-order valence-electron chi connectivity index (χ3n) is 3.10. The van der Waals surface area contributed by atoms with E-state index in [2.05, 4.69) is 10.3 Å². The standard InChI is InChI=1S/C13H18N2O3/c1-8-2-4-9(5-3-8)6-14-13-12(18)11(17)10(7-16)15-13/h2-5,10-12,16-18H,6-7H2,1H3,(H,14,15)/t10-,11-,12+/m1/s1. The fourth-order valence-corrected chi connectivity index (χ4v) is 1.91. The number of aliphatic hydroxyl groups excluding tert-OH is 3. The van der Waals surface area contributed by atoms with Crippen molar-refractivity contribution >= 4 is 5.84 Å². The van der Waals surface area contributed by atoms with Crippen LogP contribution in [0.3, 0.4) is 0 Å². The van der Waals surface area contributed by atoms with E-state index < -0.39 is 18.2 Å². The third kappa shape index (κ3) is 2.69. The number of amidine groups is 1. The molecule has 1 aliphatic heterocycles. The third-order valence-corrected chi connectivity index (χ3v) is 3.10. The minimum Gasteiger partial charge on any atom is -0.394 e. The second-order valence-electron chi connectivity index (χ2n) is 4.56. The van der Waals surface area contributed by atoms with Gasteiger partial charge in [-0.1, -0.05) is 29.8 Å². The number of benzene rings is 1. The second kappa shape index (κ2) is 5.48. The summed E-state index contributed by atoms with van der Waals surface area (Å²) in [6.45, 7) is 2.21. The van der Waals surface area contributed by atoms with Gasteiger partial charge in [-0.2, -0.15) is 0 Å². The molecule has 0 aromatic heterocycles. The van der Waals surface area contributed by atoms with Crippen molar-refractivity contribution in [3.63, 3.8) is 0 Å². The molecule has 3 atom stereocenters. The summed E-state index contributed by atoms with van der Waals surface area (Å²) in [7, 11) is 0. The van der Waals surface area contributed by atoms with Crippen LogP contribution in [0.15, 0.2) is 29.3 Å². The largest absolute Gasteiger partial charge is 0.394 e. The molecule has 0 unspecified atom stereocenters. The number of aliphatic imine (C=N–C) groups is 1. The molecule has 1 saturated heterocycles. The maximum atomic E-state index is 9.73. The molecule has 5 nitrogen and oxygen atoms in total. The Hall–Kier alpha value is -1.43. The van der Waals surface area contributed by atoms with Crippen LogP contribution in [0.25, 0.3) is 0 Å². The van der Waals surface area contributed by atoms with E-state index in [0.717, 1.165) is 5.56 Å². The Balaban J connectivity index is 2.04. The van der Waals surface area contributed by atoms with Gasteiger partial charge < -0.3 is 20.6 Å². The Morgan fingerprint density at radius 1 is 1.22 bits per heavy atom. The maximum Gasteiger partial charge on any atom is 0.139 e. The summed E-state index contributed by atoms with van der Waals surface area (Å²) < 4.78 is 0. The fraction of sp³-hybridized carbons (Fsp3) is 0.462. The van der Waals surface area contributed by atoms with Crippen LogP contribution in [0.4, 0.5) is 0 Å². The molecule has 0 saturated carbocycles. The first kappa shape index (κ1) is 13.0. The monoisotopic (exact) mass is 250 g/mol. The van der Waals surface area contributed by atoms with Crippen molar-refractivity contribution in [2.45, 2.75) is 31.7 Å². The van der Waals surface area contributed by atoms with E-state index in [-0.39, 0.29) is 6.61 Å². The molecule has 2 rings (SSSR count). The smallest absolute Gasteiger partial charge is 0.139 e. The first-order valence-electron chi connectivity index (χ1n) is 5.95. The Morgan fingerprint density at radius 2 is 1.89 bits per heavy atom. The molecular formula is C13H18N2O3. The number of aliphatic hydroxyl groups is 3. The number of nitrogens with zero attached hydrogens (tertiary/aromatic N) is 1. The summed E-state index contributed by atoms with van der Waals surface area (Å²) in [4.78, 5) is 4.24. The summed E-state index contributed by atoms with van der Waals surface area (Å²) in [5, 5.41) is 31.2.